The molecule has 2 heteroatoms. The SMILES string of the molecule is CSCC(NCC(C)C)c1ccccc1. The molecule has 0 radical (unpaired) electrons. The molecular formula is C13H21NS. The standard InChI is InChI=1S/C13H21NS/c1-11(2)9-14-13(10-15-3)12-7-5-4-6-8-12/h4-8,11,13-14H,9-10H2,1-3H3. The van der Waals surface area contributed by atoms with E-state index in [1.807, 2.05) is 11.8 Å². The predicted octanol–water partition coefficient (Wildman–Crippen LogP) is 3.34. The molecular weight excluding hydrogens is 202 g/mol. The lowest BCUT2D eigenvalue weighted by Gasteiger charge is -2.19. The second kappa shape index (κ2) is 6.91. The van der Waals surface area contributed by atoms with Gasteiger partial charge in [0.2, 0.25) is 0 Å². The van der Waals surface area contributed by atoms with Gasteiger partial charge in [0.15, 0.2) is 0 Å². The summed E-state index contributed by atoms with van der Waals surface area (Å²) in [6, 6.07) is 11.2. The largest absolute Gasteiger partial charge is 0.309 e. The lowest BCUT2D eigenvalue weighted by molar-refractivity contribution is 0.500. The zero-order valence-electron chi connectivity index (χ0n) is 9.86. The van der Waals surface area contributed by atoms with Gasteiger partial charge in [0.1, 0.15) is 0 Å². The van der Waals surface area contributed by atoms with Crippen LogP contribution in [0.15, 0.2) is 30.3 Å². The van der Waals surface area contributed by atoms with Gasteiger partial charge in [0, 0.05) is 11.8 Å². The molecule has 0 aliphatic rings. The summed E-state index contributed by atoms with van der Waals surface area (Å²) in [5.74, 6) is 1.84. The van der Waals surface area contributed by atoms with Gasteiger partial charge in [0.05, 0.1) is 0 Å². The average molecular weight is 223 g/mol. The van der Waals surface area contributed by atoms with Crippen molar-refractivity contribution in [3.63, 3.8) is 0 Å². The van der Waals surface area contributed by atoms with E-state index in [9.17, 15) is 0 Å². The molecule has 1 aromatic carbocycles. The molecule has 84 valence electrons. The van der Waals surface area contributed by atoms with Crippen LogP contribution in [0, 0.1) is 5.92 Å². The summed E-state index contributed by atoms with van der Waals surface area (Å²) >= 11 is 1.89. The average Bonchev–Trinajstić information content (AvgIpc) is 2.25. The van der Waals surface area contributed by atoms with Crippen LogP contribution in [0.2, 0.25) is 0 Å². The summed E-state index contributed by atoms with van der Waals surface area (Å²) in [7, 11) is 0. The third-order valence-electron chi connectivity index (χ3n) is 2.31. The minimum atomic E-state index is 0.489. The van der Waals surface area contributed by atoms with Crippen LogP contribution in [0.1, 0.15) is 25.5 Å². The van der Waals surface area contributed by atoms with Crippen molar-refractivity contribution in [2.24, 2.45) is 5.92 Å². The number of benzene rings is 1. The second-order valence-electron chi connectivity index (χ2n) is 4.22. The van der Waals surface area contributed by atoms with Gasteiger partial charge in [0.25, 0.3) is 0 Å². The number of nitrogens with one attached hydrogen (secondary N) is 1. The van der Waals surface area contributed by atoms with Gasteiger partial charge in [-0.15, -0.1) is 0 Å². The van der Waals surface area contributed by atoms with Crippen LogP contribution in [0.3, 0.4) is 0 Å². The van der Waals surface area contributed by atoms with Crippen LogP contribution >= 0.6 is 11.8 Å². The molecule has 0 bridgehead atoms. The maximum atomic E-state index is 3.62. The van der Waals surface area contributed by atoms with Crippen molar-refractivity contribution in [2.45, 2.75) is 19.9 Å². The van der Waals surface area contributed by atoms with Crippen LogP contribution in [-0.4, -0.2) is 18.6 Å². The highest BCUT2D eigenvalue weighted by molar-refractivity contribution is 7.98. The maximum Gasteiger partial charge on any atom is 0.0411 e. The fourth-order valence-corrected chi connectivity index (χ4v) is 2.15. The summed E-state index contributed by atoms with van der Waals surface area (Å²) in [5.41, 5.74) is 1.40. The van der Waals surface area contributed by atoms with Crippen LogP contribution in [-0.2, 0) is 0 Å². The van der Waals surface area contributed by atoms with Crippen LogP contribution < -0.4 is 5.32 Å². The van der Waals surface area contributed by atoms with Crippen LogP contribution in [0.5, 0.6) is 0 Å². The summed E-state index contributed by atoms with van der Waals surface area (Å²) in [5, 5.41) is 3.62. The van der Waals surface area contributed by atoms with E-state index in [2.05, 4.69) is 55.8 Å². The Balaban J connectivity index is 2.57. The van der Waals surface area contributed by atoms with E-state index in [4.69, 9.17) is 0 Å². The Morgan fingerprint density at radius 3 is 2.40 bits per heavy atom. The number of hydrogen-bond donors (Lipinski definition) is 1. The molecule has 0 heterocycles. The highest BCUT2D eigenvalue weighted by Crippen LogP contribution is 2.16. The highest BCUT2D eigenvalue weighted by Gasteiger charge is 2.09. The van der Waals surface area contributed by atoms with Crippen LogP contribution in [0.4, 0.5) is 0 Å². The predicted molar refractivity (Wildman–Crippen MR) is 70.4 cm³/mol. The van der Waals surface area contributed by atoms with E-state index in [1.54, 1.807) is 0 Å². The molecule has 1 aromatic rings. The molecule has 15 heavy (non-hydrogen) atoms. The molecule has 0 saturated carbocycles. The Morgan fingerprint density at radius 1 is 1.20 bits per heavy atom. The molecule has 1 rings (SSSR count). The summed E-state index contributed by atoms with van der Waals surface area (Å²) in [6.45, 7) is 5.57. The molecule has 1 nitrogen and oxygen atoms in total. The van der Waals surface area contributed by atoms with Crippen molar-refractivity contribution in [1.82, 2.24) is 5.32 Å². The van der Waals surface area contributed by atoms with Crippen molar-refractivity contribution in [3.8, 4) is 0 Å². The Labute approximate surface area is 97.7 Å². The third-order valence-corrected chi connectivity index (χ3v) is 2.97. The van der Waals surface area contributed by atoms with Gasteiger partial charge in [-0.3, -0.25) is 0 Å². The molecule has 0 aromatic heterocycles. The maximum absolute atomic E-state index is 3.62. The van der Waals surface area contributed by atoms with Gasteiger partial charge < -0.3 is 5.32 Å². The Kier molecular flexibility index (Phi) is 5.81. The normalized spacial score (nSPS) is 13.1. The lowest BCUT2D eigenvalue weighted by Crippen LogP contribution is -2.27. The smallest absolute Gasteiger partial charge is 0.0411 e. The van der Waals surface area contributed by atoms with Crippen molar-refractivity contribution in [2.75, 3.05) is 18.6 Å². The van der Waals surface area contributed by atoms with E-state index >= 15 is 0 Å². The van der Waals surface area contributed by atoms with E-state index in [-0.39, 0.29) is 0 Å². The molecule has 1 unspecified atom stereocenters. The van der Waals surface area contributed by atoms with Crippen LogP contribution in [0.25, 0.3) is 0 Å². The van der Waals surface area contributed by atoms with E-state index < -0.39 is 0 Å². The fraction of sp³-hybridized carbons (Fsp3) is 0.538. The molecule has 1 N–H and O–H groups in total. The first kappa shape index (κ1) is 12.6. The summed E-state index contributed by atoms with van der Waals surface area (Å²) < 4.78 is 0. The van der Waals surface area contributed by atoms with E-state index in [1.165, 1.54) is 5.56 Å². The minimum Gasteiger partial charge on any atom is -0.309 e. The highest BCUT2D eigenvalue weighted by atomic mass is 32.2. The van der Waals surface area contributed by atoms with Crippen molar-refractivity contribution < 1.29 is 0 Å². The van der Waals surface area contributed by atoms with Crippen molar-refractivity contribution in [3.05, 3.63) is 35.9 Å². The van der Waals surface area contributed by atoms with Gasteiger partial charge in [-0.25, -0.2) is 0 Å². The Hall–Kier alpha value is -0.470. The van der Waals surface area contributed by atoms with E-state index in [0.717, 1.165) is 12.3 Å². The second-order valence-corrected chi connectivity index (χ2v) is 5.13. The zero-order valence-corrected chi connectivity index (χ0v) is 10.7. The zero-order chi connectivity index (χ0) is 11.1. The topological polar surface area (TPSA) is 12.0 Å². The molecule has 0 amide bonds. The van der Waals surface area contributed by atoms with Gasteiger partial charge in [-0.2, -0.15) is 11.8 Å². The quantitative estimate of drug-likeness (QED) is 0.794. The van der Waals surface area contributed by atoms with E-state index in [0.29, 0.717) is 12.0 Å². The first-order valence-corrected chi connectivity index (χ1v) is 6.90. The van der Waals surface area contributed by atoms with Crippen molar-refractivity contribution in [1.29, 1.82) is 0 Å². The Morgan fingerprint density at radius 2 is 1.87 bits per heavy atom. The minimum absolute atomic E-state index is 0.489. The lowest BCUT2D eigenvalue weighted by atomic mass is 10.1. The van der Waals surface area contributed by atoms with Gasteiger partial charge in [-0.1, -0.05) is 44.2 Å². The number of thioether (sulfide) groups is 1. The first-order chi connectivity index (χ1) is 7.24. The van der Waals surface area contributed by atoms with Gasteiger partial charge >= 0.3 is 0 Å². The third kappa shape index (κ3) is 4.72. The summed E-state index contributed by atoms with van der Waals surface area (Å²) in [6.07, 6.45) is 2.16. The fourth-order valence-electron chi connectivity index (χ4n) is 1.50. The summed E-state index contributed by atoms with van der Waals surface area (Å²) in [4.78, 5) is 0. The molecule has 0 spiro atoms. The molecule has 0 saturated heterocycles. The molecule has 0 aliphatic heterocycles. The van der Waals surface area contributed by atoms with Gasteiger partial charge in [-0.05, 0) is 24.3 Å². The first-order valence-electron chi connectivity index (χ1n) is 5.51. The number of hydrogen-bond acceptors (Lipinski definition) is 2. The monoisotopic (exact) mass is 223 g/mol. The number of rotatable bonds is 6. The molecule has 0 aliphatic carbocycles. The molecule has 0 fully saturated rings. The Bertz CT molecular complexity index is 258. The van der Waals surface area contributed by atoms with Crippen molar-refractivity contribution >= 4 is 11.8 Å². The molecule has 1 atom stereocenters.